The lowest BCUT2D eigenvalue weighted by atomic mass is 9.78. The van der Waals surface area contributed by atoms with E-state index < -0.39 is 17.4 Å². The molecule has 1 saturated carbocycles. The molecule has 14 nitrogen and oxygen atoms in total. The van der Waals surface area contributed by atoms with E-state index in [0.717, 1.165) is 85.5 Å². The molecule has 5 aliphatic rings. The van der Waals surface area contributed by atoms with Crippen molar-refractivity contribution in [2.75, 3.05) is 60.3 Å². The van der Waals surface area contributed by atoms with Crippen LogP contribution < -0.4 is 25.3 Å². The lowest BCUT2D eigenvalue weighted by Crippen LogP contribution is -2.60. The van der Waals surface area contributed by atoms with E-state index in [-0.39, 0.29) is 30.2 Å². The highest BCUT2D eigenvalue weighted by molar-refractivity contribution is 6.14. The Morgan fingerprint density at radius 3 is 2.31 bits per heavy atom. The number of pyridine rings is 1. The third kappa shape index (κ3) is 5.56. The van der Waals surface area contributed by atoms with E-state index in [1.54, 1.807) is 30.1 Å². The van der Waals surface area contributed by atoms with Gasteiger partial charge < -0.3 is 24.6 Å². The van der Waals surface area contributed by atoms with Crippen molar-refractivity contribution < 1.29 is 19.2 Å². The Bertz CT molecular complexity index is 2180. The van der Waals surface area contributed by atoms with Crippen molar-refractivity contribution in [3.63, 3.8) is 0 Å². The van der Waals surface area contributed by atoms with Gasteiger partial charge in [0, 0.05) is 87.4 Å². The van der Waals surface area contributed by atoms with E-state index in [0.29, 0.717) is 35.7 Å². The maximum atomic E-state index is 13.8. The number of piperidine rings is 1. The van der Waals surface area contributed by atoms with Gasteiger partial charge in [-0.25, -0.2) is 9.97 Å². The van der Waals surface area contributed by atoms with Gasteiger partial charge in [-0.3, -0.25) is 29.4 Å². The van der Waals surface area contributed by atoms with Crippen LogP contribution in [0.2, 0.25) is 0 Å². The molecule has 2 N–H and O–H groups in total. The fourth-order valence-electron chi connectivity index (χ4n) is 9.17. The first-order chi connectivity index (χ1) is 26.0. The predicted octanol–water partition coefficient (Wildman–Crippen LogP) is 4.39. The van der Waals surface area contributed by atoms with E-state index in [4.69, 9.17) is 4.98 Å². The number of nitrogens with one attached hydrogen (secondary N) is 2. The van der Waals surface area contributed by atoms with Gasteiger partial charge in [-0.1, -0.05) is 18.9 Å². The Morgan fingerprint density at radius 1 is 0.907 bits per heavy atom. The highest BCUT2D eigenvalue weighted by Gasteiger charge is 2.51. The summed E-state index contributed by atoms with van der Waals surface area (Å²) >= 11 is 0. The molecule has 9 rings (SSSR count). The number of carbonyl (C=O) groups excluding carboxylic acids is 4. The van der Waals surface area contributed by atoms with E-state index in [1.165, 1.54) is 0 Å². The Balaban J connectivity index is 0.834. The average molecular weight is 731 g/mol. The smallest absolute Gasteiger partial charge is 0.270 e. The van der Waals surface area contributed by atoms with Crippen LogP contribution in [0.4, 0.5) is 28.8 Å². The van der Waals surface area contributed by atoms with Gasteiger partial charge >= 0.3 is 0 Å². The summed E-state index contributed by atoms with van der Waals surface area (Å²) in [5.74, 6) is 1.38. The number of benzene rings is 1. The minimum atomic E-state index is -0.782. The van der Waals surface area contributed by atoms with Gasteiger partial charge in [0.15, 0.2) is 0 Å². The van der Waals surface area contributed by atoms with Crippen LogP contribution >= 0.6 is 0 Å². The number of carbonyl (C=O) groups is 4. The second-order valence-electron chi connectivity index (χ2n) is 16.3. The molecule has 3 aromatic heterocycles. The molecule has 1 atom stereocenters. The highest BCUT2D eigenvalue weighted by atomic mass is 16.2. The molecule has 54 heavy (non-hydrogen) atoms. The number of nitrogens with zero attached hydrogens (tertiary/aromatic N) is 8. The highest BCUT2D eigenvalue weighted by Crippen LogP contribution is 2.50. The fraction of sp³-hybridized carbons (Fsp3) is 0.475. The van der Waals surface area contributed by atoms with Crippen LogP contribution in [-0.2, 0) is 19.8 Å². The number of rotatable bonds is 8. The second kappa shape index (κ2) is 12.8. The van der Waals surface area contributed by atoms with Crippen molar-refractivity contribution in [3.8, 4) is 0 Å². The Labute approximate surface area is 313 Å². The number of aromatic nitrogens is 4. The summed E-state index contributed by atoms with van der Waals surface area (Å²) < 4.78 is 2.11. The zero-order valence-corrected chi connectivity index (χ0v) is 31.2. The summed E-state index contributed by atoms with van der Waals surface area (Å²) in [5.41, 5.74) is 4.50. The molecule has 0 radical (unpaired) electrons. The number of amides is 4. The number of anilines is 5. The van der Waals surface area contributed by atoms with Crippen molar-refractivity contribution in [3.05, 3.63) is 60.0 Å². The standard InChI is InChI=1S/C40H46N10O4/c1-40(2)34-28(10-7-11-29(34)50(38(40)54)30-13-15-33(51)44-36(30)52)48-21-25(22-48)24-19-47(20-24)27-12-14-32(41-18-27)43-39-42-17-23-16-31(37(53)46(3)4)49(35(23)45-39)26-8-5-6-9-26/h7,10-12,14,16-18,24-26,30H,5-6,8-9,13,15,19-22H2,1-4H3,(H,44,51,52)(H,41,42,43,45). The lowest BCUT2D eigenvalue weighted by Gasteiger charge is -2.52. The molecule has 14 heteroatoms. The van der Waals surface area contributed by atoms with Crippen LogP contribution in [0.5, 0.6) is 0 Å². The normalized spacial score (nSPS) is 21.7. The number of hydrogen-bond acceptors (Lipinski definition) is 10. The van der Waals surface area contributed by atoms with Crippen molar-refractivity contribution in [1.29, 1.82) is 0 Å². The second-order valence-corrected chi connectivity index (χ2v) is 16.3. The zero-order chi connectivity index (χ0) is 37.5. The first-order valence-corrected chi connectivity index (χ1v) is 19.1. The van der Waals surface area contributed by atoms with Crippen LogP contribution in [0.1, 0.15) is 74.5 Å². The first-order valence-electron chi connectivity index (χ1n) is 19.1. The maximum Gasteiger partial charge on any atom is 0.270 e. The van der Waals surface area contributed by atoms with E-state index in [2.05, 4.69) is 47.1 Å². The zero-order valence-electron chi connectivity index (χ0n) is 31.2. The molecule has 7 heterocycles. The Morgan fingerprint density at radius 2 is 1.63 bits per heavy atom. The molecule has 4 aliphatic heterocycles. The van der Waals surface area contributed by atoms with Gasteiger partial charge in [0.1, 0.15) is 23.2 Å². The molecule has 3 saturated heterocycles. The minimum Gasteiger partial charge on any atom is -0.371 e. The summed E-state index contributed by atoms with van der Waals surface area (Å²) in [7, 11) is 3.55. The number of fused-ring (bicyclic) bond motifs is 2. The van der Waals surface area contributed by atoms with Gasteiger partial charge in [0.05, 0.1) is 23.0 Å². The van der Waals surface area contributed by atoms with E-state index >= 15 is 0 Å². The lowest BCUT2D eigenvalue weighted by molar-refractivity contribution is -0.136. The quantitative estimate of drug-likeness (QED) is 0.250. The summed E-state index contributed by atoms with van der Waals surface area (Å²) in [6.45, 7) is 7.62. The van der Waals surface area contributed by atoms with E-state index in [1.807, 2.05) is 44.3 Å². The van der Waals surface area contributed by atoms with Crippen LogP contribution in [-0.4, -0.2) is 94.4 Å². The Kier molecular flexibility index (Phi) is 8.12. The van der Waals surface area contributed by atoms with Gasteiger partial charge in [0.25, 0.3) is 5.91 Å². The predicted molar refractivity (Wildman–Crippen MR) is 205 cm³/mol. The van der Waals surface area contributed by atoms with Crippen LogP contribution in [0.3, 0.4) is 0 Å². The van der Waals surface area contributed by atoms with Gasteiger partial charge in [-0.2, -0.15) is 4.98 Å². The van der Waals surface area contributed by atoms with Crippen molar-refractivity contribution in [1.82, 2.24) is 29.7 Å². The topological polar surface area (TPSA) is 149 Å². The molecule has 4 aromatic rings. The monoisotopic (exact) mass is 730 g/mol. The van der Waals surface area contributed by atoms with Gasteiger partial charge in [-0.15, -0.1) is 0 Å². The first kappa shape index (κ1) is 34.3. The maximum absolute atomic E-state index is 13.8. The SMILES string of the molecule is CN(C)C(=O)c1cc2cnc(Nc3ccc(N4CC(C5CN(c6cccc7c6C(C)(C)C(=O)N7C6CCC(=O)NC6=O)C5)C4)cn3)nc2n1C1CCCC1. The molecule has 4 amide bonds. The van der Waals surface area contributed by atoms with Crippen molar-refractivity contribution in [2.24, 2.45) is 11.8 Å². The van der Waals surface area contributed by atoms with Gasteiger partial charge in [-0.05, 0) is 63.4 Å². The van der Waals surface area contributed by atoms with E-state index in [9.17, 15) is 19.2 Å². The fourth-order valence-corrected chi connectivity index (χ4v) is 9.17. The summed E-state index contributed by atoms with van der Waals surface area (Å²) in [5, 5.41) is 6.54. The molecule has 1 aromatic carbocycles. The van der Waals surface area contributed by atoms with Crippen LogP contribution in [0, 0.1) is 11.8 Å². The summed E-state index contributed by atoms with van der Waals surface area (Å²) in [6.07, 6.45) is 8.59. The van der Waals surface area contributed by atoms with Crippen molar-refractivity contribution >= 4 is 63.5 Å². The molecule has 0 bridgehead atoms. The number of hydrogen-bond donors (Lipinski definition) is 2. The molecular weight excluding hydrogens is 685 g/mol. The molecule has 280 valence electrons. The summed E-state index contributed by atoms with van der Waals surface area (Å²) in [6, 6.07) is 11.5. The van der Waals surface area contributed by atoms with Crippen LogP contribution in [0.15, 0.2) is 48.8 Å². The molecule has 1 aliphatic carbocycles. The largest absolute Gasteiger partial charge is 0.371 e. The summed E-state index contributed by atoms with van der Waals surface area (Å²) in [4.78, 5) is 73.5. The van der Waals surface area contributed by atoms with Crippen LogP contribution in [0.25, 0.3) is 11.0 Å². The average Bonchev–Trinajstić information content (AvgIpc) is 3.82. The van der Waals surface area contributed by atoms with Gasteiger partial charge in [0.2, 0.25) is 23.7 Å². The third-order valence-electron chi connectivity index (χ3n) is 12.3. The minimum absolute atomic E-state index is 0.0317. The third-order valence-corrected chi connectivity index (χ3v) is 12.3. The molecule has 4 fully saturated rings. The number of imide groups is 1. The molecule has 1 unspecified atom stereocenters. The molecule has 0 spiro atoms. The Hall–Kier alpha value is -5.53. The van der Waals surface area contributed by atoms with Crippen molar-refractivity contribution in [2.45, 2.75) is 69.9 Å². The molecular formula is C40H46N10O4.